The van der Waals surface area contributed by atoms with E-state index in [9.17, 15) is 0 Å². The van der Waals surface area contributed by atoms with Gasteiger partial charge < -0.3 is 5.32 Å². The number of rotatable bonds is 2. The Hall–Kier alpha value is -1.86. The van der Waals surface area contributed by atoms with Crippen LogP contribution in [0.15, 0.2) is 66.2 Å². The minimum absolute atomic E-state index is 1.01. The van der Waals surface area contributed by atoms with Crippen molar-refractivity contribution in [3.8, 4) is 0 Å². The second-order valence-corrected chi connectivity index (χ2v) is 4.31. The topological polar surface area (TPSA) is 12.0 Å². The fourth-order valence-electron chi connectivity index (χ4n) is 2.21. The smallest absolute Gasteiger partial charge is 0.0189 e. The summed E-state index contributed by atoms with van der Waals surface area (Å²) in [5.41, 5.74) is 5.53. The van der Waals surface area contributed by atoms with E-state index in [1.165, 1.54) is 22.3 Å². The molecule has 0 bridgehead atoms. The highest BCUT2D eigenvalue weighted by molar-refractivity contribution is 5.83. The molecule has 1 aliphatic heterocycles. The lowest BCUT2D eigenvalue weighted by Gasteiger charge is -2.24. The molecule has 1 N–H and O–H groups in total. The van der Waals surface area contributed by atoms with Crippen molar-refractivity contribution in [2.24, 2.45) is 0 Å². The van der Waals surface area contributed by atoms with Gasteiger partial charge in [-0.1, -0.05) is 60.7 Å². The van der Waals surface area contributed by atoms with Gasteiger partial charge in [-0.25, -0.2) is 0 Å². The van der Waals surface area contributed by atoms with Crippen molar-refractivity contribution in [1.82, 2.24) is 5.32 Å². The van der Waals surface area contributed by atoms with Gasteiger partial charge in [0.2, 0.25) is 0 Å². The van der Waals surface area contributed by atoms with Gasteiger partial charge in [-0.15, -0.1) is 0 Å². The van der Waals surface area contributed by atoms with E-state index < -0.39 is 0 Å². The van der Waals surface area contributed by atoms with Crippen LogP contribution in [-0.4, -0.2) is 13.1 Å². The van der Waals surface area contributed by atoms with E-state index in [0.717, 1.165) is 13.1 Å². The van der Waals surface area contributed by atoms with Crippen LogP contribution < -0.4 is 5.32 Å². The van der Waals surface area contributed by atoms with E-state index in [2.05, 4.69) is 66.0 Å². The lowest BCUT2D eigenvalue weighted by Crippen LogP contribution is -2.34. The largest absolute Gasteiger partial charge is 0.309 e. The second kappa shape index (κ2) is 4.56. The van der Waals surface area contributed by atoms with Crippen LogP contribution in [0.4, 0.5) is 0 Å². The lowest BCUT2D eigenvalue weighted by atomic mass is 9.90. The Bertz CT molecular complexity index is 478. The Kier molecular flexibility index (Phi) is 2.76. The molecule has 1 heteroatoms. The molecule has 1 nitrogen and oxygen atoms in total. The van der Waals surface area contributed by atoms with Crippen LogP contribution in [0.25, 0.3) is 5.57 Å². The van der Waals surface area contributed by atoms with Gasteiger partial charge in [0.1, 0.15) is 0 Å². The molecule has 0 atom stereocenters. The van der Waals surface area contributed by atoms with Gasteiger partial charge in [-0.2, -0.15) is 0 Å². The van der Waals surface area contributed by atoms with Crippen molar-refractivity contribution < 1.29 is 0 Å². The Morgan fingerprint density at radius 1 is 0.706 bits per heavy atom. The Labute approximate surface area is 102 Å². The van der Waals surface area contributed by atoms with Crippen LogP contribution in [0, 0.1) is 0 Å². The van der Waals surface area contributed by atoms with Crippen LogP contribution in [0.2, 0.25) is 0 Å². The first-order valence-corrected chi connectivity index (χ1v) is 5.99. The van der Waals surface area contributed by atoms with Crippen molar-refractivity contribution in [3.63, 3.8) is 0 Å². The molecule has 2 aromatic rings. The van der Waals surface area contributed by atoms with Gasteiger partial charge in [0.05, 0.1) is 0 Å². The number of nitrogens with one attached hydrogen (secondary N) is 1. The van der Waals surface area contributed by atoms with E-state index in [1.54, 1.807) is 0 Å². The van der Waals surface area contributed by atoms with Crippen LogP contribution in [-0.2, 0) is 0 Å². The fourth-order valence-corrected chi connectivity index (χ4v) is 2.21. The molecule has 1 aliphatic rings. The normalized spacial score (nSPS) is 14.2. The molecule has 1 fully saturated rings. The molecule has 1 saturated heterocycles. The first kappa shape index (κ1) is 10.3. The van der Waals surface area contributed by atoms with Crippen LogP contribution >= 0.6 is 0 Å². The first-order valence-electron chi connectivity index (χ1n) is 5.99. The van der Waals surface area contributed by atoms with E-state index in [-0.39, 0.29) is 0 Å². The van der Waals surface area contributed by atoms with Crippen LogP contribution in [0.1, 0.15) is 11.1 Å². The average Bonchev–Trinajstić information content (AvgIpc) is 2.36. The summed E-state index contributed by atoms with van der Waals surface area (Å²) in [5, 5.41) is 3.32. The monoisotopic (exact) mass is 221 g/mol. The first-order chi connectivity index (χ1) is 8.45. The SMILES string of the molecule is c1ccc(C(=C2CNC2)c2ccccc2)cc1. The maximum Gasteiger partial charge on any atom is 0.0189 e. The molecule has 1 heterocycles. The zero-order chi connectivity index (χ0) is 11.5. The summed E-state index contributed by atoms with van der Waals surface area (Å²) >= 11 is 0. The summed E-state index contributed by atoms with van der Waals surface area (Å²) in [5.74, 6) is 0. The summed E-state index contributed by atoms with van der Waals surface area (Å²) < 4.78 is 0. The molecular weight excluding hydrogens is 206 g/mol. The minimum atomic E-state index is 1.01. The predicted octanol–water partition coefficient (Wildman–Crippen LogP) is 3.09. The van der Waals surface area contributed by atoms with E-state index >= 15 is 0 Å². The molecule has 0 spiro atoms. The van der Waals surface area contributed by atoms with Crippen molar-refractivity contribution >= 4 is 5.57 Å². The highest BCUT2D eigenvalue weighted by Gasteiger charge is 2.16. The Morgan fingerprint density at radius 3 is 1.53 bits per heavy atom. The van der Waals surface area contributed by atoms with Crippen molar-refractivity contribution in [1.29, 1.82) is 0 Å². The minimum Gasteiger partial charge on any atom is -0.309 e. The standard InChI is InChI=1S/C16H15N/c1-3-7-13(8-4-1)16(15-11-17-12-15)14-9-5-2-6-10-14/h1-10,17H,11-12H2. The van der Waals surface area contributed by atoms with Crippen molar-refractivity contribution in [3.05, 3.63) is 77.4 Å². The summed E-state index contributed by atoms with van der Waals surface area (Å²) in [4.78, 5) is 0. The summed E-state index contributed by atoms with van der Waals surface area (Å²) in [6.07, 6.45) is 0. The third-order valence-electron chi connectivity index (χ3n) is 3.16. The van der Waals surface area contributed by atoms with Gasteiger partial charge in [0, 0.05) is 13.1 Å². The maximum atomic E-state index is 3.32. The fraction of sp³-hybridized carbons (Fsp3) is 0.125. The summed E-state index contributed by atoms with van der Waals surface area (Å²) in [6, 6.07) is 21.3. The van der Waals surface area contributed by atoms with Gasteiger partial charge in [-0.05, 0) is 22.3 Å². The van der Waals surface area contributed by atoms with Gasteiger partial charge in [0.15, 0.2) is 0 Å². The van der Waals surface area contributed by atoms with E-state index in [0.29, 0.717) is 0 Å². The molecule has 0 aromatic heterocycles. The number of hydrogen-bond acceptors (Lipinski definition) is 1. The molecule has 2 aromatic carbocycles. The van der Waals surface area contributed by atoms with Gasteiger partial charge in [-0.3, -0.25) is 0 Å². The van der Waals surface area contributed by atoms with Crippen LogP contribution in [0.3, 0.4) is 0 Å². The molecule has 0 radical (unpaired) electrons. The highest BCUT2D eigenvalue weighted by atomic mass is 14.9. The Balaban J connectivity index is 2.12. The van der Waals surface area contributed by atoms with E-state index in [4.69, 9.17) is 0 Å². The second-order valence-electron chi connectivity index (χ2n) is 4.31. The molecule has 0 aliphatic carbocycles. The Morgan fingerprint density at radius 2 is 1.18 bits per heavy atom. The summed E-state index contributed by atoms with van der Waals surface area (Å²) in [7, 11) is 0. The summed E-state index contributed by atoms with van der Waals surface area (Å²) in [6.45, 7) is 2.03. The average molecular weight is 221 g/mol. The van der Waals surface area contributed by atoms with Crippen LogP contribution in [0.5, 0.6) is 0 Å². The van der Waals surface area contributed by atoms with Gasteiger partial charge in [0.25, 0.3) is 0 Å². The van der Waals surface area contributed by atoms with E-state index in [1.807, 2.05) is 0 Å². The van der Waals surface area contributed by atoms with Crippen molar-refractivity contribution in [2.75, 3.05) is 13.1 Å². The highest BCUT2D eigenvalue weighted by Crippen LogP contribution is 2.28. The predicted molar refractivity (Wildman–Crippen MR) is 71.8 cm³/mol. The zero-order valence-corrected chi connectivity index (χ0v) is 9.69. The molecular formula is C16H15N. The third-order valence-corrected chi connectivity index (χ3v) is 3.16. The zero-order valence-electron chi connectivity index (χ0n) is 9.69. The molecule has 0 saturated carbocycles. The quantitative estimate of drug-likeness (QED) is 0.821. The number of hydrogen-bond donors (Lipinski definition) is 1. The van der Waals surface area contributed by atoms with Crippen molar-refractivity contribution in [2.45, 2.75) is 0 Å². The molecule has 84 valence electrons. The lowest BCUT2D eigenvalue weighted by molar-refractivity contribution is 0.671. The maximum absolute atomic E-state index is 3.32. The third kappa shape index (κ3) is 2.02. The molecule has 3 rings (SSSR count). The molecule has 17 heavy (non-hydrogen) atoms. The molecule has 0 unspecified atom stereocenters. The number of benzene rings is 2. The molecule has 0 amide bonds. The van der Waals surface area contributed by atoms with Gasteiger partial charge >= 0.3 is 0 Å².